The van der Waals surface area contributed by atoms with E-state index in [0.717, 1.165) is 38.9 Å². The minimum Gasteiger partial charge on any atom is -0.381 e. The predicted octanol–water partition coefficient (Wildman–Crippen LogP) is 2.43. The summed E-state index contributed by atoms with van der Waals surface area (Å²) in [7, 11) is 1.70. The van der Waals surface area contributed by atoms with Crippen LogP contribution >= 0.6 is 0 Å². The minimum absolute atomic E-state index is 0.0629. The second kappa shape index (κ2) is 7.21. The van der Waals surface area contributed by atoms with Crippen LogP contribution in [0.2, 0.25) is 0 Å². The van der Waals surface area contributed by atoms with Crippen LogP contribution in [0, 0.1) is 10.1 Å². The Balaban J connectivity index is 2.20. The molecule has 0 saturated carbocycles. The van der Waals surface area contributed by atoms with Gasteiger partial charge in [0.2, 0.25) is 5.82 Å². The number of nitrogens with zero attached hydrogens (tertiary/aromatic N) is 3. The van der Waals surface area contributed by atoms with Gasteiger partial charge in [-0.1, -0.05) is 6.92 Å². The van der Waals surface area contributed by atoms with E-state index in [-0.39, 0.29) is 16.7 Å². The Labute approximate surface area is 124 Å². The highest BCUT2D eigenvalue weighted by Gasteiger charge is 2.26. The van der Waals surface area contributed by atoms with Crippen LogP contribution in [0.1, 0.15) is 26.2 Å². The second-order valence-electron chi connectivity index (χ2n) is 5.15. The van der Waals surface area contributed by atoms with Crippen molar-refractivity contribution in [1.82, 2.24) is 4.98 Å². The molecule has 7 heteroatoms. The normalized spacial score (nSPS) is 16.0. The standard InChI is InChI=1S/C14H22N4O3/c1-3-8-15-13-5-4-12(18(19)20)14(16-13)17-9-6-11(21-2)7-10-17/h4-5,11H,3,6-10H2,1-2H3,(H,15,16). The average Bonchev–Trinajstić information content (AvgIpc) is 2.52. The van der Waals surface area contributed by atoms with Crippen molar-refractivity contribution in [1.29, 1.82) is 0 Å². The topological polar surface area (TPSA) is 80.5 Å². The number of nitrogens with one attached hydrogen (secondary N) is 1. The highest BCUT2D eigenvalue weighted by atomic mass is 16.6. The fourth-order valence-corrected chi connectivity index (χ4v) is 2.47. The number of nitro groups is 1. The van der Waals surface area contributed by atoms with Crippen molar-refractivity contribution in [2.75, 3.05) is 37.0 Å². The molecule has 1 aromatic rings. The molecule has 1 aromatic heterocycles. The molecule has 0 bridgehead atoms. The highest BCUT2D eigenvalue weighted by molar-refractivity contribution is 5.62. The zero-order valence-electron chi connectivity index (χ0n) is 12.5. The van der Waals surface area contributed by atoms with Gasteiger partial charge in [-0.15, -0.1) is 0 Å². The molecule has 1 aliphatic rings. The summed E-state index contributed by atoms with van der Waals surface area (Å²) in [4.78, 5) is 17.3. The number of ether oxygens (including phenoxy) is 1. The number of methoxy groups -OCH3 is 1. The van der Waals surface area contributed by atoms with Crippen molar-refractivity contribution in [2.24, 2.45) is 0 Å². The van der Waals surface area contributed by atoms with E-state index in [4.69, 9.17) is 4.74 Å². The molecule has 21 heavy (non-hydrogen) atoms. The summed E-state index contributed by atoms with van der Waals surface area (Å²) in [5.41, 5.74) is 0.0629. The summed E-state index contributed by atoms with van der Waals surface area (Å²) in [5, 5.41) is 14.4. The van der Waals surface area contributed by atoms with E-state index in [0.29, 0.717) is 11.6 Å². The smallest absolute Gasteiger partial charge is 0.311 e. The minimum atomic E-state index is -0.367. The summed E-state index contributed by atoms with van der Waals surface area (Å²) in [5.74, 6) is 1.14. The van der Waals surface area contributed by atoms with Gasteiger partial charge >= 0.3 is 5.69 Å². The van der Waals surface area contributed by atoms with Gasteiger partial charge in [0.05, 0.1) is 11.0 Å². The largest absolute Gasteiger partial charge is 0.381 e. The molecule has 1 saturated heterocycles. The van der Waals surface area contributed by atoms with E-state index in [2.05, 4.69) is 17.2 Å². The van der Waals surface area contributed by atoms with E-state index in [1.807, 2.05) is 4.90 Å². The van der Waals surface area contributed by atoms with Crippen molar-refractivity contribution in [2.45, 2.75) is 32.3 Å². The van der Waals surface area contributed by atoms with Gasteiger partial charge in [0, 0.05) is 32.8 Å². The van der Waals surface area contributed by atoms with Crippen LogP contribution in [-0.4, -0.2) is 42.8 Å². The fourth-order valence-electron chi connectivity index (χ4n) is 2.47. The first-order valence-corrected chi connectivity index (χ1v) is 7.32. The van der Waals surface area contributed by atoms with Crippen LogP contribution in [0.3, 0.4) is 0 Å². The summed E-state index contributed by atoms with van der Waals surface area (Å²) in [6.07, 6.45) is 2.94. The lowest BCUT2D eigenvalue weighted by molar-refractivity contribution is -0.384. The number of aromatic nitrogens is 1. The van der Waals surface area contributed by atoms with E-state index in [1.165, 1.54) is 6.07 Å². The molecule has 0 amide bonds. The van der Waals surface area contributed by atoms with E-state index < -0.39 is 0 Å². The Hall–Kier alpha value is -1.89. The third-order valence-corrected chi connectivity index (χ3v) is 3.68. The lowest BCUT2D eigenvalue weighted by atomic mass is 10.1. The number of anilines is 2. The van der Waals surface area contributed by atoms with Gasteiger partial charge in [0.25, 0.3) is 0 Å². The zero-order valence-corrected chi connectivity index (χ0v) is 12.5. The van der Waals surface area contributed by atoms with Gasteiger partial charge in [-0.25, -0.2) is 4.98 Å². The van der Waals surface area contributed by atoms with Crippen LogP contribution in [0.4, 0.5) is 17.3 Å². The van der Waals surface area contributed by atoms with Crippen LogP contribution in [-0.2, 0) is 4.74 Å². The molecule has 7 nitrogen and oxygen atoms in total. The van der Waals surface area contributed by atoms with E-state index >= 15 is 0 Å². The Morgan fingerprint density at radius 2 is 2.19 bits per heavy atom. The van der Waals surface area contributed by atoms with Crippen molar-refractivity contribution in [3.63, 3.8) is 0 Å². The fraction of sp³-hybridized carbons (Fsp3) is 0.643. The number of hydrogen-bond donors (Lipinski definition) is 1. The molecule has 1 N–H and O–H groups in total. The Bertz CT molecular complexity index is 487. The first-order chi connectivity index (χ1) is 10.2. The molecular weight excluding hydrogens is 272 g/mol. The number of hydrogen-bond acceptors (Lipinski definition) is 6. The van der Waals surface area contributed by atoms with Crippen LogP contribution in [0.5, 0.6) is 0 Å². The van der Waals surface area contributed by atoms with Crippen molar-refractivity contribution in [3.05, 3.63) is 22.2 Å². The molecule has 2 rings (SSSR count). The van der Waals surface area contributed by atoms with Gasteiger partial charge < -0.3 is 15.0 Å². The van der Waals surface area contributed by atoms with Crippen molar-refractivity contribution in [3.8, 4) is 0 Å². The molecule has 0 unspecified atom stereocenters. The Morgan fingerprint density at radius 1 is 1.48 bits per heavy atom. The lowest BCUT2D eigenvalue weighted by Gasteiger charge is -2.31. The van der Waals surface area contributed by atoms with Crippen LogP contribution in [0.25, 0.3) is 0 Å². The molecule has 1 fully saturated rings. The lowest BCUT2D eigenvalue weighted by Crippen LogP contribution is -2.37. The molecule has 2 heterocycles. The van der Waals surface area contributed by atoms with Crippen molar-refractivity contribution >= 4 is 17.3 Å². The number of rotatable bonds is 6. The molecule has 0 aliphatic carbocycles. The Morgan fingerprint density at radius 3 is 2.76 bits per heavy atom. The average molecular weight is 294 g/mol. The molecule has 0 atom stereocenters. The van der Waals surface area contributed by atoms with Crippen LogP contribution < -0.4 is 10.2 Å². The quantitative estimate of drug-likeness (QED) is 0.641. The highest BCUT2D eigenvalue weighted by Crippen LogP contribution is 2.30. The summed E-state index contributed by atoms with van der Waals surface area (Å²) in [6.45, 7) is 4.32. The van der Waals surface area contributed by atoms with Crippen LogP contribution in [0.15, 0.2) is 12.1 Å². The summed E-state index contributed by atoms with van der Waals surface area (Å²) in [6, 6.07) is 3.20. The molecule has 1 aliphatic heterocycles. The SMILES string of the molecule is CCCNc1ccc([N+](=O)[O-])c(N2CCC(OC)CC2)n1. The molecule has 0 aromatic carbocycles. The van der Waals surface area contributed by atoms with E-state index in [9.17, 15) is 10.1 Å². The molecule has 0 radical (unpaired) electrons. The third-order valence-electron chi connectivity index (χ3n) is 3.68. The molecule has 0 spiro atoms. The van der Waals surface area contributed by atoms with Gasteiger partial charge in [0.1, 0.15) is 5.82 Å². The second-order valence-corrected chi connectivity index (χ2v) is 5.15. The summed E-state index contributed by atoms with van der Waals surface area (Å²) >= 11 is 0. The number of pyridine rings is 1. The van der Waals surface area contributed by atoms with Gasteiger partial charge in [0.15, 0.2) is 0 Å². The molecule has 116 valence electrons. The summed E-state index contributed by atoms with van der Waals surface area (Å²) < 4.78 is 5.34. The Kier molecular flexibility index (Phi) is 5.32. The number of piperidine rings is 1. The first-order valence-electron chi connectivity index (χ1n) is 7.32. The zero-order chi connectivity index (χ0) is 15.2. The maximum Gasteiger partial charge on any atom is 0.311 e. The van der Waals surface area contributed by atoms with Gasteiger partial charge in [-0.3, -0.25) is 10.1 Å². The third kappa shape index (κ3) is 3.81. The van der Waals surface area contributed by atoms with Crippen molar-refractivity contribution < 1.29 is 9.66 Å². The first kappa shape index (κ1) is 15.5. The monoisotopic (exact) mass is 294 g/mol. The maximum absolute atomic E-state index is 11.2. The van der Waals surface area contributed by atoms with Gasteiger partial charge in [-0.05, 0) is 25.3 Å². The molecular formula is C14H22N4O3. The maximum atomic E-state index is 11.2. The van der Waals surface area contributed by atoms with Gasteiger partial charge in [-0.2, -0.15) is 0 Å². The predicted molar refractivity (Wildman–Crippen MR) is 81.9 cm³/mol. The van der Waals surface area contributed by atoms with E-state index in [1.54, 1.807) is 13.2 Å².